The van der Waals surface area contributed by atoms with Crippen molar-refractivity contribution in [3.63, 3.8) is 0 Å². The second-order valence-corrected chi connectivity index (χ2v) is 4.06. The minimum Gasteiger partial charge on any atom is 0 e. The van der Waals surface area contributed by atoms with E-state index in [-0.39, 0.29) is 23.2 Å². The molecule has 4 nitrogen and oxygen atoms in total. The summed E-state index contributed by atoms with van der Waals surface area (Å²) in [6.07, 6.45) is 15.2. The van der Waals surface area contributed by atoms with E-state index in [1.54, 1.807) is 0 Å². The minimum absolute atomic E-state index is 0. The van der Waals surface area contributed by atoms with E-state index in [9.17, 15) is 5.11 Å². The van der Waals surface area contributed by atoms with Gasteiger partial charge >= 0.3 is 33.9 Å². The summed E-state index contributed by atoms with van der Waals surface area (Å²) in [5, 5.41) is 9.84. The number of aliphatic hydroxyl groups excluding tert-OH is 1. The van der Waals surface area contributed by atoms with E-state index in [1.165, 1.54) is 19.3 Å². The van der Waals surface area contributed by atoms with Crippen LogP contribution < -0.4 is 0 Å². The van der Waals surface area contributed by atoms with E-state index in [1.807, 2.05) is 6.42 Å². The second kappa shape index (κ2) is 18.7. The normalized spacial score (nSPS) is 24.8. The molecule has 0 aromatic rings. The van der Waals surface area contributed by atoms with Gasteiger partial charge < -0.3 is 5.11 Å². The van der Waals surface area contributed by atoms with Gasteiger partial charge in [-0.2, -0.15) is 0 Å². The maximum absolute atomic E-state index is 9.84. The molecule has 108 valence electrons. The van der Waals surface area contributed by atoms with Crippen molar-refractivity contribution in [1.29, 1.82) is 0 Å². The third kappa shape index (κ3) is 9.58. The van der Waals surface area contributed by atoms with Crippen LogP contribution >= 0.6 is 0 Å². The van der Waals surface area contributed by atoms with E-state index < -0.39 is 0 Å². The molecule has 20 heavy (non-hydrogen) atoms. The van der Waals surface area contributed by atoms with Crippen molar-refractivity contribution in [3.8, 4) is 0 Å². The van der Waals surface area contributed by atoms with Gasteiger partial charge in [-0.1, -0.05) is 12.8 Å². The Labute approximate surface area is 132 Å². The quantitative estimate of drug-likeness (QED) is 0.448. The summed E-state index contributed by atoms with van der Waals surface area (Å²) in [5.74, 6) is 0.940. The smallest absolute Gasteiger partial charge is 0 e. The average molecular weight is 316 g/mol. The van der Waals surface area contributed by atoms with Crippen LogP contribution in [0.1, 0.15) is 25.7 Å². The first-order chi connectivity index (χ1) is 9.38. The zero-order valence-corrected chi connectivity index (χ0v) is 12.2. The Morgan fingerprint density at radius 1 is 0.800 bits per heavy atom. The Bertz CT molecular complexity index is 242. The van der Waals surface area contributed by atoms with E-state index in [0.29, 0.717) is 11.8 Å². The summed E-state index contributed by atoms with van der Waals surface area (Å²) in [5.41, 5.74) is 0. The molecule has 1 N–H and O–H groups in total. The van der Waals surface area contributed by atoms with Crippen LogP contribution in [0.4, 0.5) is 0 Å². The van der Waals surface area contributed by atoms with Crippen LogP contribution in [0.15, 0.2) is 0 Å². The van der Waals surface area contributed by atoms with Gasteiger partial charge in [0.15, 0.2) is 0 Å². The third-order valence-electron chi connectivity index (χ3n) is 3.16. The van der Waals surface area contributed by atoms with Gasteiger partial charge in [0.05, 0.1) is 6.10 Å². The van der Waals surface area contributed by atoms with E-state index in [2.05, 4.69) is 45.6 Å². The largest absolute Gasteiger partial charge is 0 e. The summed E-state index contributed by atoms with van der Waals surface area (Å²) < 4.78 is 22.5. The van der Waals surface area contributed by atoms with Gasteiger partial charge in [0.25, 0.3) is 0 Å². The Kier molecular flexibility index (Phi) is 23.1. The molecule has 2 aliphatic rings. The van der Waals surface area contributed by atoms with Crippen LogP contribution in [-0.4, -0.2) is 11.2 Å². The van der Waals surface area contributed by atoms with Crippen molar-refractivity contribution in [2.75, 3.05) is 0 Å². The fourth-order valence-corrected chi connectivity index (χ4v) is 2.39. The number of hydrogen-bond acceptors (Lipinski definition) is 1. The molecule has 0 unspecified atom stereocenters. The summed E-state index contributed by atoms with van der Waals surface area (Å²) in [6.45, 7) is 13.5. The molecular weight excluding hydrogens is 299 g/mol. The van der Waals surface area contributed by atoms with Crippen molar-refractivity contribution >= 4 is 0 Å². The standard InChI is InChI=1S/C12H17O.3CO.Mn/c13-12-9-5-4-8-11(12)10-6-2-1-3-7-10;3*1-2;/h1-3,6-7,10-13H,4-5,8-9H2;;;;/t11-,12+;;;;/m1..../s1. The first-order valence-corrected chi connectivity index (χ1v) is 5.85. The number of rotatable bonds is 1. The molecule has 0 saturated heterocycles. The maximum atomic E-state index is 9.84. The molecule has 2 fully saturated rings. The molecule has 0 aliphatic heterocycles. The molecule has 0 amide bonds. The van der Waals surface area contributed by atoms with E-state index in [0.717, 1.165) is 6.42 Å². The predicted molar refractivity (Wildman–Crippen MR) is 64.7 cm³/mol. The monoisotopic (exact) mass is 316 g/mol. The molecular formula is C15H17MnO4. The molecule has 6 radical (unpaired) electrons. The molecule has 0 spiro atoms. The fraction of sp³-hybridized carbons (Fsp3) is 0.467. The van der Waals surface area contributed by atoms with Crippen molar-refractivity contribution in [2.24, 2.45) is 11.8 Å². The summed E-state index contributed by atoms with van der Waals surface area (Å²) >= 11 is 0. The molecule has 5 heteroatoms. The Balaban J connectivity index is -0.000000368. The summed E-state index contributed by atoms with van der Waals surface area (Å²) in [6, 6.07) is 0. The number of hydrogen-bond donors (Lipinski definition) is 1. The van der Waals surface area contributed by atoms with Gasteiger partial charge in [-0.05, 0) is 56.8 Å². The molecule has 0 aromatic heterocycles. The van der Waals surface area contributed by atoms with Gasteiger partial charge in [-0.15, -0.1) is 0 Å². The van der Waals surface area contributed by atoms with Crippen LogP contribution in [0.25, 0.3) is 0 Å². The van der Waals surface area contributed by atoms with Gasteiger partial charge in [0.2, 0.25) is 0 Å². The third-order valence-corrected chi connectivity index (χ3v) is 3.16. The average Bonchev–Trinajstić information content (AvgIpc) is 2.54. The molecule has 0 aromatic carbocycles. The van der Waals surface area contributed by atoms with Crippen LogP contribution in [0.5, 0.6) is 0 Å². The van der Waals surface area contributed by atoms with Crippen LogP contribution in [0.3, 0.4) is 0 Å². The Morgan fingerprint density at radius 2 is 1.25 bits per heavy atom. The molecule has 2 atom stereocenters. The first kappa shape index (κ1) is 24.7. The van der Waals surface area contributed by atoms with E-state index in [4.69, 9.17) is 14.0 Å². The predicted octanol–water partition coefficient (Wildman–Crippen LogP) is 2.07. The van der Waals surface area contributed by atoms with Crippen molar-refractivity contribution in [2.45, 2.75) is 31.8 Å². The first-order valence-electron chi connectivity index (χ1n) is 5.85. The minimum atomic E-state index is -0.0776. The topological polar surface area (TPSA) is 79.9 Å². The van der Waals surface area contributed by atoms with Crippen molar-refractivity contribution in [1.82, 2.24) is 0 Å². The second-order valence-electron chi connectivity index (χ2n) is 4.06. The zero-order valence-electron chi connectivity index (χ0n) is 11.0. The molecule has 2 aliphatic carbocycles. The Hall–Kier alpha value is -0.301. The van der Waals surface area contributed by atoms with Crippen molar-refractivity contribution in [3.05, 3.63) is 52.1 Å². The molecule has 2 saturated carbocycles. The van der Waals surface area contributed by atoms with Gasteiger partial charge in [0.1, 0.15) is 0 Å². The van der Waals surface area contributed by atoms with Gasteiger partial charge in [0, 0.05) is 17.1 Å². The maximum Gasteiger partial charge on any atom is 0 e. The fourth-order valence-electron chi connectivity index (χ4n) is 2.39. The zero-order chi connectivity index (χ0) is 15.1. The number of aliphatic hydroxyl groups is 1. The molecule has 2 rings (SSSR count). The molecule has 0 bridgehead atoms. The van der Waals surface area contributed by atoms with Crippen LogP contribution in [-0.2, 0) is 31.0 Å². The van der Waals surface area contributed by atoms with Gasteiger partial charge in [-0.3, -0.25) is 0 Å². The molecule has 0 heterocycles. The summed E-state index contributed by atoms with van der Waals surface area (Å²) in [4.78, 5) is 0. The van der Waals surface area contributed by atoms with Gasteiger partial charge in [-0.25, -0.2) is 0 Å². The van der Waals surface area contributed by atoms with Crippen LogP contribution in [0, 0.1) is 63.9 Å². The van der Waals surface area contributed by atoms with Crippen LogP contribution in [0.2, 0.25) is 0 Å². The Morgan fingerprint density at radius 3 is 1.70 bits per heavy atom. The summed E-state index contributed by atoms with van der Waals surface area (Å²) in [7, 11) is 0. The SMILES string of the molecule is O[C@H]1CCCC[C@@H]1C1[CH][CH][CH][CH][CH]1.[C-]#[O+].[C-]#[O+].[C-]#[O+].[Mn]. The van der Waals surface area contributed by atoms with E-state index >= 15 is 0 Å². The van der Waals surface area contributed by atoms with Crippen molar-refractivity contribution < 1.29 is 36.1 Å².